The molecule has 0 saturated heterocycles. The summed E-state index contributed by atoms with van der Waals surface area (Å²) in [5, 5.41) is 10.3. The Labute approximate surface area is 77.5 Å². The van der Waals surface area contributed by atoms with Gasteiger partial charge in [-0.15, -0.1) is 0 Å². The Hall–Kier alpha value is -1.64. The molecule has 0 atom stereocenters. The van der Waals surface area contributed by atoms with Gasteiger partial charge in [0.05, 0.1) is 0 Å². The summed E-state index contributed by atoms with van der Waals surface area (Å²) in [5.74, 6) is 0. The van der Waals surface area contributed by atoms with E-state index >= 15 is 0 Å². The molecule has 3 heteroatoms. The van der Waals surface area contributed by atoms with Gasteiger partial charge in [-0.1, -0.05) is 24.3 Å². The molecule has 0 unspecified atom stereocenters. The van der Waals surface area contributed by atoms with Crippen molar-refractivity contribution in [1.82, 2.24) is 15.4 Å². The van der Waals surface area contributed by atoms with Crippen LogP contribution in [0.5, 0.6) is 0 Å². The van der Waals surface area contributed by atoms with Crippen molar-refractivity contribution in [2.24, 2.45) is 0 Å². The van der Waals surface area contributed by atoms with Gasteiger partial charge >= 0.3 is 0 Å². The van der Waals surface area contributed by atoms with E-state index in [9.17, 15) is 0 Å². The number of para-hydroxylation sites is 2. The van der Waals surface area contributed by atoms with Crippen molar-refractivity contribution in [2.45, 2.75) is 13.8 Å². The van der Waals surface area contributed by atoms with Gasteiger partial charge in [0.15, 0.2) is 0 Å². The normalized spacial score (nSPS) is 10.0. The van der Waals surface area contributed by atoms with E-state index in [0.717, 1.165) is 11.0 Å². The van der Waals surface area contributed by atoms with Crippen molar-refractivity contribution < 1.29 is 0 Å². The largest absolute Gasteiger partial charge is 0.197 e. The minimum atomic E-state index is 0.914. The number of allylic oxidation sites excluding steroid dienone is 2. The molecule has 0 spiro atoms. The second-order valence-electron chi connectivity index (χ2n) is 2.48. The van der Waals surface area contributed by atoms with Gasteiger partial charge in [-0.3, -0.25) is 0 Å². The van der Waals surface area contributed by atoms with Crippen LogP contribution in [-0.4, -0.2) is 15.4 Å². The summed E-state index contributed by atoms with van der Waals surface area (Å²) in [6.45, 7) is 4.00. The average Bonchev–Trinajstić information content (AvgIpc) is 2.66. The topological polar surface area (TPSA) is 41.6 Å². The van der Waals surface area contributed by atoms with Crippen LogP contribution < -0.4 is 0 Å². The molecule has 0 saturated carbocycles. The van der Waals surface area contributed by atoms with Crippen LogP contribution in [0.3, 0.4) is 0 Å². The molecule has 1 N–H and O–H groups in total. The van der Waals surface area contributed by atoms with E-state index in [1.807, 2.05) is 50.3 Å². The van der Waals surface area contributed by atoms with Gasteiger partial charge in [0.25, 0.3) is 0 Å². The van der Waals surface area contributed by atoms with Crippen LogP contribution in [0.2, 0.25) is 0 Å². The van der Waals surface area contributed by atoms with Crippen molar-refractivity contribution >= 4 is 11.0 Å². The lowest BCUT2D eigenvalue weighted by Gasteiger charge is -1.78. The van der Waals surface area contributed by atoms with Crippen molar-refractivity contribution in [3.63, 3.8) is 0 Å². The van der Waals surface area contributed by atoms with Crippen molar-refractivity contribution in [2.75, 3.05) is 0 Å². The number of aromatic nitrogens is 3. The zero-order valence-electron chi connectivity index (χ0n) is 7.86. The van der Waals surface area contributed by atoms with Crippen LogP contribution in [0.15, 0.2) is 36.4 Å². The van der Waals surface area contributed by atoms with Crippen LogP contribution in [-0.2, 0) is 0 Å². The summed E-state index contributed by atoms with van der Waals surface area (Å²) in [6.07, 6.45) is 4.00. The van der Waals surface area contributed by atoms with E-state index in [0.29, 0.717) is 0 Å². The molecule has 2 aromatic rings. The maximum Gasteiger partial charge on any atom is 0.112 e. The fraction of sp³-hybridized carbons (Fsp3) is 0.200. The van der Waals surface area contributed by atoms with Crippen LogP contribution >= 0.6 is 0 Å². The Morgan fingerprint density at radius 1 is 1.00 bits per heavy atom. The number of rotatable bonds is 0. The summed E-state index contributed by atoms with van der Waals surface area (Å²) < 4.78 is 0. The van der Waals surface area contributed by atoms with E-state index in [2.05, 4.69) is 15.4 Å². The third kappa shape index (κ3) is 2.71. The molecule has 0 aliphatic heterocycles. The molecule has 0 aliphatic rings. The van der Waals surface area contributed by atoms with Gasteiger partial charge in [-0.2, -0.15) is 15.4 Å². The number of benzene rings is 1. The minimum absolute atomic E-state index is 0.914. The van der Waals surface area contributed by atoms with Gasteiger partial charge in [0.1, 0.15) is 11.0 Å². The van der Waals surface area contributed by atoms with E-state index in [1.54, 1.807) is 0 Å². The Balaban J connectivity index is 0.000000184. The van der Waals surface area contributed by atoms with Gasteiger partial charge in [0, 0.05) is 0 Å². The predicted octanol–water partition coefficient (Wildman–Crippen LogP) is 2.54. The summed E-state index contributed by atoms with van der Waals surface area (Å²) >= 11 is 0. The smallest absolute Gasteiger partial charge is 0.112 e. The molecule has 0 fully saturated rings. The lowest BCUT2D eigenvalue weighted by Crippen LogP contribution is -1.63. The summed E-state index contributed by atoms with van der Waals surface area (Å²) in [6, 6.07) is 7.70. The molecule has 0 amide bonds. The number of hydrogen-bond donors (Lipinski definition) is 1. The predicted molar refractivity (Wildman–Crippen MR) is 54.4 cm³/mol. The first-order valence-electron chi connectivity index (χ1n) is 4.21. The Bertz CT molecular complexity index is 342. The van der Waals surface area contributed by atoms with E-state index in [-0.39, 0.29) is 0 Å². The third-order valence-electron chi connectivity index (χ3n) is 1.56. The van der Waals surface area contributed by atoms with E-state index in [1.165, 1.54) is 0 Å². The summed E-state index contributed by atoms with van der Waals surface area (Å²) in [5.41, 5.74) is 1.83. The van der Waals surface area contributed by atoms with Crippen LogP contribution in [0.1, 0.15) is 13.8 Å². The molecule has 0 aliphatic carbocycles. The maximum atomic E-state index is 3.88. The molecule has 1 aromatic carbocycles. The maximum absolute atomic E-state index is 3.88. The lowest BCUT2D eigenvalue weighted by molar-refractivity contribution is 0.959. The molecular weight excluding hydrogens is 162 g/mol. The monoisotopic (exact) mass is 175 g/mol. The molecule has 2 rings (SSSR count). The highest BCUT2D eigenvalue weighted by Crippen LogP contribution is 2.03. The van der Waals surface area contributed by atoms with E-state index < -0.39 is 0 Å². The van der Waals surface area contributed by atoms with Gasteiger partial charge in [0.2, 0.25) is 0 Å². The zero-order valence-corrected chi connectivity index (χ0v) is 7.86. The van der Waals surface area contributed by atoms with E-state index in [4.69, 9.17) is 0 Å². The Kier molecular flexibility index (Phi) is 3.70. The quantitative estimate of drug-likeness (QED) is 0.625. The highest BCUT2D eigenvalue weighted by molar-refractivity contribution is 5.72. The lowest BCUT2D eigenvalue weighted by atomic mass is 10.3. The van der Waals surface area contributed by atoms with Crippen molar-refractivity contribution in [3.8, 4) is 0 Å². The standard InChI is InChI=1S/C6H5N3.C4H8/c1-2-4-6-5(3-1)7-9-8-6;1-3-4-2/h1-4H,(H,7,8,9);3-4H,1-2H3. The van der Waals surface area contributed by atoms with Crippen LogP contribution in [0, 0.1) is 0 Å². The number of H-pyrrole nitrogens is 1. The number of nitrogens with one attached hydrogen (secondary N) is 1. The molecule has 3 nitrogen and oxygen atoms in total. The molecule has 13 heavy (non-hydrogen) atoms. The zero-order chi connectivity index (χ0) is 9.52. The molecule has 0 radical (unpaired) electrons. The third-order valence-corrected chi connectivity index (χ3v) is 1.56. The Morgan fingerprint density at radius 3 is 1.85 bits per heavy atom. The van der Waals surface area contributed by atoms with Crippen molar-refractivity contribution in [3.05, 3.63) is 36.4 Å². The highest BCUT2D eigenvalue weighted by Gasteiger charge is 1.90. The fourth-order valence-electron chi connectivity index (χ4n) is 0.786. The van der Waals surface area contributed by atoms with Crippen molar-refractivity contribution in [1.29, 1.82) is 0 Å². The average molecular weight is 175 g/mol. The number of nitrogens with zero attached hydrogens (tertiary/aromatic N) is 2. The first-order valence-corrected chi connectivity index (χ1v) is 4.21. The number of hydrogen-bond acceptors (Lipinski definition) is 2. The van der Waals surface area contributed by atoms with Gasteiger partial charge in [-0.05, 0) is 26.0 Å². The Morgan fingerprint density at radius 2 is 1.46 bits per heavy atom. The molecule has 0 bridgehead atoms. The minimum Gasteiger partial charge on any atom is -0.197 e. The fourth-order valence-corrected chi connectivity index (χ4v) is 0.786. The van der Waals surface area contributed by atoms with Crippen LogP contribution in [0.4, 0.5) is 0 Å². The second kappa shape index (κ2) is 5.09. The number of aromatic amines is 1. The molecule has 68 valence electrons. The van der Waals surface area contributed by atoms with Crippen LogP contribution in [0.25, 0.3) is 11.0 Å². The second-order valence-corrected chi connectivity index (χ2v) is 2.48. The number of fused-ring (bicyclic) bond motifs is 1. The highest BCUT2D eigenvalue weighted by atomic mass is 15.3. The summed E-state index contributed by atoms with van der Waals surface area (Å²) in [7, 11) is 0. The SMILES string of the molecule is CC=CC.c1ccc2n[nH]nc2c1. The molecular formula is C10H13N3. The first kappa shape index (κ1) is 9.45. The van der Waals surface area contributed by atoms with Gasteiger partial charge < -0.3 is 0 Å². The first-order chi connectivity index (χ1) is 6.38. The van der Waals surface area contributed by atoms with Gasteiger partial charge in [-0.25, -0.2) is 0 Å². The summed E-state index contributed by atoms with van der Waals surface area (Å²) in [4.78, 5) is 0. The molecule has 1 heterocycles. The molecule has 1 aromatic heterocycles.